The lowest BCUT2D eigenvalue weighted by Gasteiger charge is -2.31. The number of aryl methyl sites for hydroxylation is 1. The van der Waals surface area contributed by atoms with Gasteiger partial charge < -0.3 is 29.4 Å². The van der Waals surface area contributed by atoms with Gasteiger partial charge >= 0.3 is 0 Å². The smallest absolute Gasteiger partial charge is 0.257 e. The number of thioether (sulfide) groups is 1. The topological polar surface area (TPSA) is 117 Å². The second kappa shape index (κ2) is 12.7. The van der Waals surface area contributed by atoms with E-state index in [1.807, 2.05) is 73.7 Å². The minimum atomic E-state index is -0.877. The van der Waals surface area contributed by atoms with Crippen LogP contribution in [0.4, 0.5) is 0 Å². The van der Waals surface area contributed by atoms with Crippen LogP contribution >= 0.6 is 11.8 Å². The molecule has 41 heavy (non-hydrogen) atoms. The molecule has 0 fully saturated rings. The number of nitrogens with zero attached hydrogens (tertiary/aromatic N) is 2. The summed E-state index contributed by atoms with van der Waals surface area (Å²) in [6.07, 6.45) is 0. The fourth-order valence-electron chi connectivity index (χ4n) is 4.89. The normalized spacial score (nSPS) is 12.5. The third-order valence-electron chi connectivity index (χ3n) is 6.89. The van der Waals surface area contributed by atoms with E-state index in [0.717, 1.165) is 16.6 Å². The quantitative estimate of drug-likeness (QED) is 0.249. The second-order valence-electron chi connectivity index (χ2n) is 9.51. The van der Waals surface area contributed by atoms with Gasteiger partial charge in [-0.25, -0.2) is 0 Å². The number of fused-ring (bicyclic) bond motifs is 2. The van der Waals surface area contributed by atoms with Gasteiger partial charge in [0.25, 0.3) is 5.91 Å². The van der Waals surface area contributed by atoms with Gasteiger partial charge in [0.2, 0.25) is 12.7 Å². The van der Waals surface area contributed by atoms with E-state index in [9.17, 15) is 9.59 Å². The molecule has 1 aromatic heterocycles. The summed E-state index contributed by atoms with van der Waals surface area (Å²) in [5.74, 6) is 2.00. The Morgan fingerprint density at radius 2 is 1.98 bits per heavy atom. The molecule has 2 heterocycles. The number of amides is 2. The molecule has 4 aromatic rings. The van der Waals surface area contributed by atoms with Crippen LogP contribution in [0.3, 0.4) is 0 Å². The van der Waals surface area contributed by atoms with Gasteiger partial charge in [-0.1, -0.05) is 42.5 Å². The number of H-pyrrole nitrogens is 1. The maximum Gasteiger partial charge on any atom is 0.257 e. The van der Waals surface area contributed by atoms with Crippen LogP contribution in [-0.2, 0) is 17.1 Å². The zero-order valence-corrected chi connectivity index (χ0v) is 23.6. The van der Waals surface area contributed by atoms with Crippen molar-refractivity contribution in [3.63, 3.8) is 0 Å². The largest absolute Gasteiger partial charge is 0.497 e. The molecule has 5 rings (SSSR count). The fourth-order valence-corrected chi connectivity index (χ4v) is 5.99. The Bertz CT molecular complexity index is 1600. The van der Waals surface area contributed by atoms with E-state index < -0.39 is 11.9 Å². The molecule has 0 aliphatic carbocycles. The Morgan fingerprint density at radius 1 is 1.15 bits per heavy atom. The van der Waals surface area contributed by atoms with Gasteiger partial charge in [0, 0.05) is 33.7 Å². The lowest BCUT2D eigenvalue weighted by molar-refractivity contribution is -0.124. The zero-order chi connectivity index (χ0) is 28.8. The lowest BCUT2D eigenvalue weighted by Crippen LogP contribution is -2.51. The first-order valence-electron chi connectivity index (χ1n) is 13.1. The predicted octanol–water partition coefficient (Wildman–Crippen LogP) is 4.80. The number of aromatic amines is 1. The Hall–Kier alpha value is -4.62. The number of hydrogen-bond acceptors (Lipinski definition) is 7. The number of carbonyl (C=O) groups excluding carboxylic acids is 2. The summed E-state index contributed by atoms with van der Waals surface area (Å²) >= 11 is 1.55. The molecular formula is C31H30N4O5S. The number of nitrogens with one attached hydrogen (secondary N) is 2. The predicted molar refractivity (Wildman–Crippen MR) is 157 cm³/mol. The SMILES string of the molecule is COc1ccc2[nH]c(C)c(C(=O)N(Cc3cccc4c3OCO4)C(CSCc3ccccc3)C(=O)NCC#N)c2c1. The molecule has 3 aromatic carbocycles. The molecule has 2 amide bonds. The van der Waals surface area contributed by atoms with E-state index in [-0.39, 0.29) is 25.8 Å². The maximum absolute atomic E-state index is 14.5. The van der Waals surface area contributed by atoms with Crippen LogP contribution in [0.1, 0.15) is 27.2 Å². The van der Waals surface area contributed by atoms with E-state index >= 15 is 0 Å². The number of methoxy groups -OCH3 is 1. The molecule has 10 heteroatoms. The van der Waals surface area contributed by atoms with Gasteiger partial charge in [-0.3, -0.25) is 9.59 Å². The third kappa shape index (κ3) is 6.10. The number of ether oxygens (including phenoxy) is 3. The summed E-state index contributed by atoms with van der Waals surface area (Å²) in [5.41, 5.74) is 3.74. The van der Waals surface area contributed by atoms with Crippen molar-refractivity contribution in [3.8, 4) is 23.3 Å². The molecule has 1 aliphatic heterocycles. The van der Waals surface area contributed by atoms with Crippen molar-refractivity contribution < 1.29 is 23.8 Å². The minimum Gasteiger partial charge on any atom is -0.497 e. The summed E-state index contributed by atoms with van der Waals surface area (Å²) in [4.78, 5) is 33.0. The number of nitriles is 1. The summed E-state index contributed by atoms with van der Waals surface area (Å²) < 4.78 is 16.7. The number of hydrogen-bond donors (Lipinski definition) is 2. The molecule has 2 N–H and O–H groups in total. The minimum absolute atomic E-state index is 0.0840. The summed E-state index contributed by atoms with van der Waals surface area (Å²) in [5, 5.41) is 12.5. The summed E-state index contributed by atoms with van der Waals surface area (Å²) in [6, 6.07) is 22.0. The average molecular weight is 571 g/mol. The van der Waals surface area contributed by atoms with Gasteiger partial charge in [0.15, 0.2) is 11.5 Å². The van der Waals surface area contributed by atoms with E-state index in [2.05, 4.69) is 10.3 Å². The van der Waals surface area contributed by atoms with E-state index in [0.29, 0.717) is 45.4 Å². The van der Waals surface area contributed by atoms with Crippen molar-refractivity contribution in [2.75, 3.05) is 26.2 Å². The Balaban J connectivity index is 1.55. The monoisotopic (exact) mass is 570 g/mol. The van der Waals surface area contributed by atoms with Crippen molar-refractivity contribution in [2.24, 2.45) is 0 Å². The molecule has 0 spiro atoms. The molecule has 1 unspecified atom stereocenters. The van der Waals surface area contributed by atoms with Gasteiger partial charge in [-0.15, -0.1) is 0 Å². The van der Waals surface area contributed by atoms with Crippen molar-refractivity contribution in [2.45, 2.75) is 25.3 Å². The number of aromatic nitrogens is 1. The highest BCUT2D eigenvalue weighted by Gasteiger charge is 2.34. The summed E-state index contributed by atoms with van der Waals surface area (Å²) in [6.45, 7) is 1.85. The lowest BCUT2D eigenvalue weighted by atomic mass is 10.1. The van der Waals surface area contributed by atoms with Crippen LogP contribution in [0.2, 0.25) is 0 Å². The molecule has 0 radical (unpaired) electrons. The first-order chi connectivity index (χ1) is 20.0. The van der Waals surface area contributed by atoms with E-state index in [1.54, 1.807) is 29.8 Å². The van der Waals surface area contributed by atoms with Gasteiger partial charge in [-0.05, 0) is 36.8 Å². The highest BCUT2D eigenvalue weighted by atomic mass is 32.2. The van der Waals surface area contributed by atoms with Crippen LogP contribution in [-0.4, -0.2) is 53.9 Å². The molecule has 0 bridgehead atoms. The highest BCUT2D eigenvalue weighted by molar-refractivity contribution is 7.98. The average Bonchev–Trinajstić information content (AvgIpc) is 3.61. The standard InChI is InChI=1S/C31H30N4O5S/c1-20-28(24-15-23(38-2)11-12-25(24)34-20)31(37)35(16-22-9-6-10-27-29(22)40-19-39-27)26(30(36)33-14-13-32)18-41-17-21-7-4-3-5-8-21/h3-12,15,26,34H,14,16-19H2,1-2H3,(H,33,36). The molecular weight excluding hydrogens is 540 g/mol. The Labute approximate surface area is 242 Å². The van der Waals surface area contributed by atoms with Gasteiger partial charge in [-0.2, -0.15) is 17.0 Å². The van der Waals surface area contributed by atoms with Crippen molar-refractivity contribution in [1.29, 1.82) is 5.26 Å². The first kappa shape index (κ1) is 27.9. The molecule has 1 atom stereocenters. The molecule has 0 saturated carbocycles. The molecule has 9 nitrogen and oxygen atoms in total. The number of rotatable bonds is 11. The first-order valence-corrected chi connectivity index (χ1v) is 14.3. The van der Waals surface area contributed by atoms with Crippen molar-refractivity contribution in [1.82, 2.24) is 15.2 Å². The fraction of sp³-hybridized carbons (Fsp3) is 0.258. The Kier molecular flexibility index (Phi) is 8.65. The van der Waals surface area contributed by atoms with E-state index in [1.165, 1.54) is 0 Å². The molecule has 210 valence electrons. The van der Waals surface area contributed by atoms with Crippen molar-refractivity contribution in [3.05, 3.63) is 89.1 Å². The Morgan fingerprint density at radius 3 is 2.76 bits per heavy atom. The van der Waals surface area contributed by atoms with E-state index in [4.69, 9.17) is 19.5 Å². The molecule has 1 aliphatic rings. The van der Waals surface area contributed by atoms with Crippen LogP contribution in [0.25, 0.3) is 10.9 Å². The highest BCUT2D eigenvalue weighted by Crippen LogP contribution is 2.37. The maximum atomic E-state index is 14.5. The van der Waals surface area contributed by atoms with Crippen LogP contribution in [0, 0.1) is 18.3 Å². The number of para-hydroxylation sites is 1. The number of benzene rings is 3. The zero-order valence-electron chi connectivity index (χ0n) is 22.8. The van der Waals surface area contributed by atoms with Gasteiger partial charge in [0.05, 0.1) is 25.3 Å². The van der Waals surface area contributed by atoms with Crippen LogP contribution in [0.15, 0.2) is 66.7 Å². The molecule has 0 saturated heterocycles. The van der Waals surface area contributed by atoms with Crippen molar-refractivity contribution >= 4 is 34.5 Å². The van der Waals surface area contributed by atoms with Gasteiger partial charge in [0.1, 0.15) is 18.3 Å². The van der Waals surface area contributed by atoms with Crippen LogP contribution < -0.4 is 19.5 Å². The number of carbonyl (C=O) groups is 2. The summed E-state index contributed by atoms with van der Waals surface area (Å²) in [7, 11) is 1.58. The third-order valence-corrected chi connectivity index (χ3v) is 7.98. The van der Waals surface area contributed by atoms with Crippen LogP contribution in [0.5, 0.6) is 17.2 Å². The second-order valence-corrected chi connectivity index (χ2v) is 10.5.